The first kappa shape index (κ1) is 31.9. The fourth-order valence-electron chi connectivity index (χ4n) is 5.56. The Hall–Kier alpha value is -6.05. The second kappa shape index (κ2) is 12.6. The Bertz CT molecular complexity index is 2000. The maximum absolute atomic E-state index is 12.4. The highest BCUT2D eigenvalue weighted by Crippen LogP contribution is 2.37. The van der Waals surface area contributed by atoms with Crippen LogP contribution < -0.4 is 28.4 Å². The van der Waals surface area contributed by atoms with Crippen molar-refractivity contribution in [3.63, 3.8) is 0 Å². The lowest BCUT2D eigenvalue weighted by atomic mass is 10.1. The van der Waals surface area contributed by atoms with Gasteiger partial charge in [-0.25, -0.2) is 14.2 Å². The van der Waals surface area contributed by atoms with Gasteiger partial charge >= 0.3 is 12.3 Å². The van der Waals surface area contributed by atoms with Crippen molar-refractivity contribution in [2.75, 3.05) is 28.4 Å². The summed E-state index contributed by atoms with van der Waals surface area (Å²) in [5.74, 6) is 1.16. The molecule has 0 aliphatic heterocycles. The number of methoxy groups -OCH3 is 4. The number of pyridine rings is 2. The van der Waals surface area contributed by atoms with Crippen LogP contribution in [0.1, 0.15) is 11.1 Å². The zero-order chi connectivity index (χ0) is 34.3. The van der Waals surface area contributed by atoms with Crippen molar-refractivity contribution in [1.29, 1.82) is 0 Å². The van der Waals surface area contributed by atoms with E-state index in [9.17, 15) is 9.90 Å². The normalized spacial score (nSPS) is 11.3. The molecule has 2 aromatic carbocycles. The highest BCUT2D eigenvalue weighted by atomic mass is 16.7. The van der Waals surface area contributed by atoms with Crippen LogP contribution in [0.4, 0.5) is 0 Å². The van der Waals surface area contributed by atoms with Crippen molar-refractivity contribution in [3.8, 4) is 57.3 Å². The molecule has 1 N–H and O–H groups in total. The third-order valence-corrected chi connectivity index (χ3v) is 7.84. The molecule has 0 amide bonds. The minimum absolute atomic E-state index is 0.0396. The number of fused-ring (bicyclic) bond motifs is 2. The van der Waals surface area contributed by atoms with Gasteiger partial charge < -0.3 is 33.5 Å². The number of carboxylic acid groups (broad SMARTS) is 1. The molecule has 0 aliphatic carbocycles. The second-order valence-electron chi connectivity index (χ2n) is 11.0. The van der Waals surface area contributed by atoms with Crippen LogP contribution in [0.5, 0.6) is 34.8 Å². The molecule has 0 saturated heterocycles. The summed E-state index contributed by atoms with van der Waals surface area (Å²) in [4.78, 5) is 21.6. The van der Waals surface area contributed by atoms with E-state index in [0.29, 0.717) is 45.7 Å². The number of carbonyl (C=O) groups is 1. The Balaban J connectivity index is 1.33. The number of ether oxygens (including phenoxy) is 6. The SMILES string of the molecule is COc1cc(OC)cc(-c2nn(C)c3nc(OC(Oc4cc(C)c5c(-c6cc(OC)cc(OC)c6)nn(C)c5n4)C(=O)O)cc(C)c23)c1. The first-order chi connectivity index (χ1) is 23.0. The summed E-state index contributed by atoms with van der Waals surface area (Å²) in [5, 5.41) is 21.0. The van der Waals surface area contributed by atoms with E-state index in [0.717, 1.165) is 33.0 Å². The highest BCUT2D eigenvalue weighted by molar-refractivity contribution is 5.95. The van der Waals surface area contributed by atoms with E-state index < -0.39 is 12.3 Å². The van der Waals surface area contributed by atoms with Crippen LogP contribution in [0.3, 0.4) is 0 Å². The van der Waals surface area contributed by atoms with Crippen LogP contribution in [0, 0.1) is 13.8 Å². The van der Waals surface area contributed by atoms with Gasteiger partial charge in [0.2, 0.25) is 11.8 Å². The van der Waals surface area contributed by atoms with Crippen molar-refractivity contribution in [1.82, 2.24) is 29.5 Å². The molecule has 48 heavy (non-hydrogen) atoms. The van der Waals surface area contributed by atoms with E-state index in [4.69, 9.17) is 38.6 Å². The van der Waals surface area contributed by atoms with Crippen LogP contribution in [0.25, 0.3) is 44.6 Å². The number of aryl methyl sites for hydroxylation is 4. The third kappa shape index (κ3) is 5.83. The van der Waals surface area contributed by atoms with Gasteiger partial charge in [0.1, 0.15) is 34.4 Å². The van der Waals surface area contributed by atoms with Gasteiger partial charge in [0.25, 0.3) is 0 Å². The molecule has 0 spiro atoms. The molecule has 0 atom stereocenters. The molecule has 0 radical (unpaired) electrons. The Morgan fingerprint density at radius 1 is 0.625 bits per heavy atom. The second-order valence-corrected chi connectivity index (χ2v) is 11.0. The van der Waals surface area contributed by atoms with Crippen molar-refractivity contribution in [2.24, 2.45) is 14.1 Å². The molecule has 6 rings (SSSR count). The highest BCUT2D eigenvalue weighted by Gasteiger charge is 2.26. The molecule has 0 bridgehead atoms. The minimum Gasteiger partial charge on any atom is -0.497 e. The maximum Gasteiger partial charge on any atom is 0.387 e. The van der Waals surface area contributed by atoms with E-state index in [-0.39, 0.29) is 11.8 Å². The van der Waals surface area contributed by atoms with Crippen LogP contribution in [-0.2, 0) is 18.9 Å². The first-order valence-electron chi connectivity index (χ1n) is 14.7. The van der Waals surface area contributed by atoms with Gasteiger partial charge in [-0.3, -0.25) is 0 Å². The smallest absolute Gasteiger partial charge is 0.387 e. The molecular formula is C34H34N6O8. The molecule has 4 heterocycles. The molecule has 4 aromatic heterocycles. The number of aliphatic carboxylic acids is 1. The molecule has 14 heteroatoms. The van der Waals surface area contributed by atoms with E-state index >= 15 is 0 Å². The minimum atomic E-state index is -1.76. The van der Waals surface area contributed by atoms with E-state index in [2.05, 4.69) is 9.97 Å². The average molecular weight is 655 g/mol. The molecular weight excluding hydrogens is 620 g/mol. The van der Waals surface area contributed by atoms with Crippen molar-refractivity contribution >= 4 is 28.0 Å². The van der Waals surface area contributed by atoms with Gasteiger partial charge in [0, 0.05) is 49.5 Å². The van der Waals surface area contributed by atoms with Crippen molar-refractivity contribution < 1.29 is 38.3 Å². The maximum atomic E-state index is 12.4. The van der Waals surface area contributed by atoms with Gasteiger partial charge in [-0.15, -0.1) is 0 Å². The van der Waals surface area contributed by atoms with Crippen molar-refractivity contribution in [3.05, 3.63) is 59.7 Å². The van der Waals surface area contributed by atoms with E-state index in [1.165, 1.54) is 0 Å². The summed E-state index contributed by atoms with van der Waals surface area (Å²) in [6.07, 6.45) is -1.76. The molecule has 0 aliphatic rings. The Morgan fingerprint density at radius 2 is 0.979 bits per heavy atom. The summed E-state index contributed by atoms with van der Waals surface area (Å²) < 4.78 is 36.6. The lowest BCUT2D eigenvalue weighted by Crippen LogP contribution is -2.33. The quantitative estimate of drug-likeness (QED) is 0.185. The summed E-state index contributed by atoms with van der Waals surface area (Å²) in [7, 11) is 9.81. The Kier molecular flexibility index (Phi) is 8.39. The van der Waals surface area contributed by atoms with E-state index in [1.54, 1.807) is 76.2 Å². The van der Waals surface area contributed by atoms with Crippen LogP contribution in [0.2, 0.25) is 0 Å². The number of carboxylic acids is 1. The monoisotopic (exact) mass is 654 g/mol. The average Bonchev–Trinajstić information content (AvgIpc) is 3.60. The third-order valence-electron chi connectivity index (χ3n) is 7.84. The number of hydrogen-bond acceptors (Lipinski definition) is 11. The van der Waals surface area contributed by atoms with Crippen LogP contribution in [0.15, 0.2) is 48.5 Å². The summed E-state index contributed by atoms with van der Waals surface area (Å²) >= 11 is 0. The number of rotatable bonds is 11. The molecule has 0 unspecified atom stereocenters. The molecule has 6 aromatic rings. The summed E-state index contributed by atoms with van der Waals surface area (Å²) in [5.41, 5.74) is 5.33. The van der Waals surface area contributed by atoms with E-state index in [1.807, 2.05) is 38.1 Å². The Labute approximate surface area is 275 Å². The number of benzene rings is 2. The van der Waals surface area contributed by atoms with Crippen molar-refractivity contribution in [2.45, 2.75) is 20.1 Å². The van der Waals surface area contributed by atoms with Gasteiger partial charge in [0.15, 0.2) is 11.3 Å². The zero-order valence-electron chi connectivity index (χ0n) is 27.7. The largest absolute Gasteiger partial charge is 0.497 e. The Morgan fingerprint density at radius 3 is 1.29 bits per heavy atom. The van der Waals surface area contributed by atoms with Gasteiger partial charge in [-0.1, -0.05) is 0 Å². The number of nitrogens with zero attached hydrogens (tertiary/aromatic N) is 6. The van der Waals surface area contributed by atoms with Gasteiger partial charge in [-0.2, -0.15) is 20.2 Å². The molecule has 0 fully saturated rings. The first-order valence-corrected chi connectivity index (χ1v) is 14.7. The summed E-state index contributed by atoms with van der Waals surface area (Å²) in [6.45, 7) is 3.74. The molecule has 14 nitrogen and oxygen atoms in total. The standard InChI is InChI=1S/C34H34N6O8/c1-17-9-25(35-31-27(17)29(37-39(31)3)19-11-21(43-5)15-22(12-19)44-6)47-34(33(41)42)48-26-10-18(2)28-30(38-40(4)32(28)36-26)20-13-23(45-7)16-24(14-20)46-8/h9-16,34H,1-8H3,(H,41,42). The van der Waals surface area contributed by atoms with Gasteiger partial charge in [-0.05, 0) is 49.2 Å². The zero-order valence-corrected chi connectivity index (χ0v) is 27.7. The summed E-state index contributed by atoms with van der Waals surface area (Å²) in [6, 6.07) is 14.2. The van der Waals surface area contributed by atoms with Crippen LogP contribution >= 0.6 is 0 Å². The topological polar surface area (TPSA) is 154 Å². The predicted molar refractivity (Wildman–Crippen MR) is 176 cm³/mol. The predicted octanol–water partition coefficient (Wildman–Crippen LogP) is 5.10. The van der Waals surface area contributed by atoms with Crippen LogP contribution in [-0.4, -0.2) is 75.3 Å². The van der Waals surface area contributed by atoms with Gasteiger partial charge in [0.05, 0.1) is 39.2 Å². The fourth-order valence-corrected chi connectivity index (χ4v) is 5.56. The number of aromatic nitrogens is 6. The molecule has 248 valence electrons. The lowest BCUT2D eigenvalue weighted by Gasteiger charge is -2.16. The number of hydrogen-bond donors (Lipinski definition) is 1. The lowest BCUT2D eigenvalue weighted by molar-refractivity contribution is -0.159. The molecule has 0 saturated carbocycles. The fraction of sp³-hybridized carbons (Fsp3) is 0.265.